The minimum Gasteiger partial charge on any atom is -0.492 e. The minimum atomic E-state index is 0.116. The summed E-state index contributed by atoms with van der Waals surface area (Å²) in [7, 11) is 0. The van der Waals surface area contributed by atoms with Crippen molar-refractivity contribution in [2.45, 2.75) is 25.3 Å². The van der Waals surface area contributed by atoms with Crippen molar-refractivity contribution in [3.8, 4) is 5.75 Å². The molecule has 2 nitrogen and oxygen atoms in total. The Hall–Kier alpha value is -1.64. The molecular weight excluding hydrogens is 341 g/mol. The van der Waals surface area contributed by atoms with E-state index in [2.05, 4.69) is 35.7 Å². The van der Waals surface area contributed by atoms with Crippen LogP contribution in [0.3, 0.4) is 0 Å². The maximum absolute atomic E-state index is 6.52. The second kappa shape index (κ2) is 6.34. The van der Waals surface area contributed by atoms with Crippen LogP contribution in [0.25, 0.3) is 0 Å². The molecule has 0 fully saturated rings. The molecule has 24 heavy (non-hydrogen) atoms. The van der Waals surface area contributed by atoms with E-state index in [9.17, 15) is 0 Å². The lowest BCUT2D eigenvalue weighted by Crippen LogP contribution is -2.29. The molecule has 1 aliphatic heterocycles. The maximum Gasteiger partial charge on any atom is 0.142 e. The van der Waals surface area contributed by atoms with Crippen molar-refractivity contribution in [3.63, 3.8) is 0 Å². The normalized spacial score (nSPS) is 24.2. The van der Waals surface area contributed by atoms with Gasteiger partial charge in [-0.1, -0.05) is 59.6 Å². The van der Waals surface area contributed by atoms with Crippen LogP contribution in [-0.2, 0) is 0 Å². The molecule has 4 rings (SSSR count). The molecule has 0 unspecified atom stereocenters. The summed E-state index contributed by atoms with van der Waals surface area (Å²) in [6.07, 6.45) is 5.61. The zero-order valence-corrected chi connectivity index (χ0v) is 14.9. The fourth-order valence-corrected chi connectivity index (χ4v) is 4.36. The van der Waals surface area contributed by atoms with Gasteiger partial charge in [0.15, 0.2) is 0 Å². The summed E-state index contributed by atoms with van der Waals surface area (Å²) >= 11 is 12.8. The Morgan fingerprint density at radius 1 is 1.12 bits per heavy atom. The molecule has 1 heterocycles. The average molecular weight is 360 g/mol. The first-order valence-corrected chi connectivity index (χ1v) is 9.09. The molecule has 0 bridgehead atoms. The van der Waals surface area contributed by atoms with Gasteiger partial charge in [-0.15, -0.1) is 0 Å². The Morgan fingerprint density at radius 3 is 2.75 bits per heavy atom. The first-order chi connectivity index (χ1) is 11.7. The van der Waals surface area contributed by atoms with Gasteiger partial charge in [-0.05, 0) is 42.5 Å². The van der Waals surface area contributed by atoms with Crippen molar-refractivity contribution in [2.75, 3.05) is 11.9 Å². The number of anilines is 1. The van der Waals surface area contributed by atoms with Crippen molar-refractivity contribution >= 4 is 28.9 Å². The largest absolute Gasteiger partial charge is 0.492 e. The van der Waals surface area contributed by atoms with Gasteiger partial charge < -0.3 is 10.1 Å². The molecule has 2 aromatic carbocycles. The third kappa shape index (κ3) is 2.49. The van der Waals surface area contributed by atoms with Crippen molar-refractivity contribution in [1.29, 1.82) is 0 Å². The Balaban J connectivity index is 1.83. The van der Waals surface area contributed by atoms with E-state index in [1.165, 1.54) is 5.56 Å². The van der Waals surface area contributed by atoms with Gasteiger partial charge in [0, 0.05) is 5.92 Å². The van der Waals surface area contributed by atoms with E-state index in [0.29, 0.717) is 28.5 Å². The van der Waals surface area contributed by atoms with Crippen molar-refractivity contribution in [3.05, 3.63) is 69.7 Å². The summed E-state index contributed by atoms with van der Waals surface area (Å²) in [5, 5.41) is 4.94. The Labute approximate surface area is 152 Å². The topological polar surface area (TPSA) is 21.3 Å². The number of halogens is 2. The van der Waals surface area contributed by atoms with E-state index in [1.54, 1.807) is 0 Å². The van der Waals surface area contributed by atoms with Crippen LogP contribution in [0, 0.1) is 5.92 Å². The van der Waals surface area contributed by atoms with Crippen LogP contribution in [0.4, 0.5) is 5.69 Å². The molecule has 2 aliphatic rings. The predicted molar refractivity (Wildman–Crippen MR) is 100 cm³/mol. The highest BCUT2D eigenvalue weighted by atomic mass is 35.5. The first-order valence-electron chi connectivity index (χ1n) is 8.33. The zero-order valence-electron chi connectivity index (χ0n) is 13.4. The molecule has 0 amide bonds. The summed E-state index contributed by atoms with van der Waals surface area (Å²) in [5.74, 6) is 1.71. The second-order valence-corrected chi connectivity index (χ2v) is 7.06. The molecule has 124 valence electrons. The summed E-state index contributed by atoms with van der Waals surface area (Å²) in [6.45, 7) is 2.65. The highest BCUT2D eigenvalue weighted by Gasteiger charge is 2.39. The molecule has 1 N–H and O–H groups in total. The van der Waals surface area contributed by atoms with Gasteiger partial charge in [-0.3, -0.25) is 0 Å². The van der Waals surface area contributed by atoms with E-state index in [-0.39, 0.29) is 6.04 Å². The highest BCUT2D eigenvalue weighted by Crippen LogP contribution is 2.53. The molecule has 1 aliphatic carbocycles. The average Bonchev–Trinajstić information content (AvgIpc) is 3.07. The van der Waals surface area contributed by atoms with Gasteiger partial charge in [0.25, 0.3) is 0 Å². The van der Waals surface area contributed by atoms with Crippen molar-refractivity contribution < 1.29 is 4.74 Å². The van der Waals surface area contributed by atoms with Crippen LogP contribution >= 0.6 is 23.2 Å². The lowest BCUT2D eigenvalue weighted by atomic mass is 9.77. The van der Waals surface area contributed by atoms with E-state index in [1.807, 2.05) is 25.1 Å². The molecule has 0 spiro atoms. The molecule has 0 saturated heterocycles. The summed E-state index contributed by atoms with van der Waals surface area (Å²) < 4.78 is 5.85. The minimum absolute atomic E-state index is 0.116. The zero-order chi connectivity index (χ0) is 16.7. The summed E-state index contributed by atoms with van der Waals surface area (Å²) in [5.41, 5.74) is 3.43. The number of fused-ring (bicyclic) bond motifs is 3. The number of allylic oxidation sites excluding steroid dienone is 2. The molecule has 3 atom stereocenters. The van der Waals surface area contributed by atoms with Gasteiger partial charge in [-0.2, -0.15) is 0 Å². The first kappa shape index (κ1) is 15.9. The Morgan fingerprint density at radius 2 is 1.92 bits per heavy atom. The smallest absolute Gasteiger partial charge is 0.142 e. The number of rotatable bonds is 3. The molecule has 2 aromatic rings. The number of hydrogen-bond acceptors (Lipinski definition) is 2. The van der Waals surface area contributed by atoms with Crippen LogP contribution < -0.4 is 10.1 Å². The lowest BCUT2D eigenvalue weighted by molar-refractivity contribution is 0.337. The number of hydrogen-bond donors (Lipinski definition) is 1. The van der Waals surface area contributed by atoms with Gasteiger partial charge >= 0.3 is 0 Å². The number of nitrogens with one attached hydrogen (secondary N) is 1. The molecule has 0 radical (unpaired) electrons. The number of para-hydroxylation sites is 1. The monoisotopic (exact) mass is 359 g/mol. The van der Waals surface area contributed by atoms with Gasteiger partial charge in [-0.25, -0.2) is 0 Å². The molecule has 4 heteroatoms. The number of ether oxygens (including phenoxy) is 1. The summed E-state index contributed by atoms with van der Waals surface area (Å²) in [6, 6.07) is 12.3. The predicted octanol–water partition coefficient (Wildman–Crippen LogP) is 6.22. The van der Waals surface area contributed by atoms with Crippen LogP contribution in [-0.4, -0.2) is 6.61 Å². The van der Waals surface area contributed by atoms with Gasteiger partial charge in [0.2, 0.25) is 0 Å². The van der Waals surface area contributed by atoms with E-state index in [4.69, 9.17) is 27.9 Å². The summed E-state index contributed by atoms with van der Waals surface area (Å²) in [4.78, 5) is 0. The maximum atomic E-state index is 6.52. The fraction of sp³-hybridized carbons (Fsp3) is 0.300. The quantitative estimate of drug-likeness (QED) is 0.656. The van der Waals surface area contributed by atoms with E-state index < -0.39 is 0 Å². The third-order valence-electron chi connectivity index (χ3n) is 4.97. The van der Waals surface area contributed by atoms with E-state index >= 15 is 0 Å². The van der Waals surface area contributed by atoms with Crippen LogP contribution in [0.2, 0.25) is 10.0 Å². The molecule has 0 aromatic heterocycles. The fourth-order valence-electron chi connectivity index (χ4n) is 3.94. The van der Waals surface area contributed by atoms with Crippen molar-refractivity contribution in [1.82, 2.24) is 0 Å². The standard InChI is InChI=1S/C20H19Cl2NO/c1-2-24-17-11-5-8-14-12-6-3-7-13(12)19(23-20(14)17)15-9-4-10-16(21)18(15)22/h3-6,8-13,19,23H,2,7H2,1H3/t12-,13+,19+/m1/s1. The van der Waals surface area contributed by atoms with Gasteiger partial charge in [0.1, 0.15) is 5.75 Å². The number of benzene rings is 2. The molecule has 0 saturated carbocycles. The van der Waals surface area contributed by atoms with Crippen LogP contribution in [0.1, 0.15) is 36.4 Å². The highest BCUT2D eigenvalue weighted by molar-refractivity contribution is 6.42. The molecular formula is C20H19Cl2NO. The second-order valence-electron chi connectivity index (χ2n) is 6.27. The van der Waals surface area contributed by atoms with Gasteiger partial charge in [0.05, 0.1) is 28.4 Å². The van der Waals surface area contributed by atoms with Crippen LogP contribution in [0.15, 0.2) is 48.6 Å². The third-order valence-corrected chi connectivity index (χ3v) is 5.81. The Kier molecular flexibility index (Phi) is 4.19. The lowest BCUT2D eigenvalue weighted by Gasteiger charge is -2.38. The Bertz CT molecular complexity index is 802. The van der Waals surface area contributed by atoms with Crippen molar-refractivity contribution in [2.24, 2.45) is 5.92 Å². The SMILES string of the molecule is CCOc1cccc2c1N[C@H](c1cccc(Cl)c1Cl)[C@H]1CC=C[C@@H]21. The van der Waals surface area contributed by atoms with E-state index in [0.717, 1.165) is 23.4 Å². The van der Waals surface area contributed by atoms with Crippen LogP contribution in [0.5, 0.6) is 5.75 Å².